The number of piperazine rings is 1. The molecular weight excluding hydrogens is 266 g/mol. The Bertz CT molecular complexity index is 521. The van der Waals surface area contributed by atoms with Gasteiger partial charge < -0.3 is 15.5 Å². The van der Waals surface area contributed by atoms with Crippen LogP contribution in [0.15, 0.2) is 6.07 Å². The van der Waals surface area contributed by atoms with Gasteiger partial charge in [-0.2, -0.15) is 0 Å². The van der Waals surface area contributed by atoms with Gasteiger partial charge in [0.15, 0.2) is 0 Å². The molecule has 1 aliphatic carbocycles. The summed E-state index contributed by atoms with van der Waals surface area (Å²) in [5, 5.41) is 0. The predicted molar refractivity (Wildman–Crippen MR) is 81.2 cm³/mol. The van der Waals surface area contributed by atoms with E-state index in [1.165, 1.54) is 12.8 Å². The van der Waals surface area contributed by atoms with E-state index in [1.54, 1.807) is 6.92 Å². The lowest BCUT2D eigenvalue weighted by Gasteiger charge is -2.35. The fraction of sp³-hybridized carbons (Fsp3) is 0.667. The fourth-order valence-electron chi connectivity index (χ4n) is 2.72. The van der Waals surface area contributed by atoms with E-state index in [1.807, 2.05) is 4.90 Å². The van der Waals surface area contributed by atoms with Crippen molar-refractivity contribution in [1.29, 1.82) is 0 Å². The summed E-state index contributed by atoms with van der Waals surface area (Å²) in [4.78, 5) is 24.9. The molecule has 0 atom stereocenters. The first-order chi connectivity index (χ1) is 10.2. The molecule has 1 saturated carbocycles. The lowest BCUT2D eigenvalue weighted by atomic mass is 10.2. The lowest BCUT2D eigenvalue weighted by Crippen LogP contribution is -2.48. The number of nitrogens with zero attached hydrogens (tertiary/aromatic N) is 4. The summed E-state index contributed by atoms with van der Waals surface area (Å²) in [6.07, 6.45) is 3.19. The van der Waals surface area contributed by atoms with Crippen molar-refractivity contribution in [3.05, 3.63) is 17.6 Å². The highest BCUT2D eigenvalue weighted by Crippen LogP contribution is 2.38. The van der Waals surface area contributed by atoms with Crippen molar-refractivity contribution in [1.82, 2.24) is 14.9 Å². The highest BCUT2D eigenvalue weighted by atomic mass is 16.2. The largest absolute Gasteiger partial charge is 0.353 e. The SMILES string of the molecule is CC(=O)N1CCN(c2cc(CCN)nc(C3CC3)n2)CC1. The highest BCUT2D eigenvalue weighted by molar-refractivity contribution is 5.73. The monoisotopic (exact) mass is 289 g/mol. The number of carbonyl (C=O) groups is 1. The number of hydrogen-bond acceptors (Lipinski definition) is 5. The van der Waals surface area contributed by atoms with Crippen LogP contribution in [0.3, 0.4) is 0 Å². The Balaban J connectivity index is 1.76. The summed E-state index contributed by atoms with van der Waals surface area (Å²) < 4.78 is 0. The molecule has 114 valence electrons. The van der Waals surface area contributed by atoms with Gasteiger partial charge in [0.1, 0.15) is 11.6 Å². The first kappa shape index (κ1) is 14.3. The van der Waals surface area contributed by atoms with Gasteiger partial charge in [0.2, 0.25) is 5.91 Å². The number of amides is 1. The molecule has 0 bridgehead atoms. The molecule has 1 aromatic rings. The van der Waals surface area contributed by atoms with Crippen molar-refractivity contribution < 1.29 is 4.79 Å². The molecule has 3 rings (SSSR count). The maximum atomic E-state index is 11.4. The molecule has 0 radical (unpaired) electrons. The van der Waals surface area contributed by atoms with Gasteiger partial charge >= 0.3 is 0 Å². The van der Waals surface area contributed by atoms with E-state index in [9.17, 15) is 4.79 Å². The second kappa shape index (κ2) is 5.97. The maximum Gasteiger partial charge on any atom is 0.219 e. The van der Waals surface area contributed by atoms with E-state index >= 15 is 0 Å². The van der Waals surface area contributed by atoms with Gasteiger partial charge in [0, 0.05) is 57.2 Å². The summed E-state index contributed by atoms with van der Waals surface area (Å²) in [7, 11) is 0. The van der Waals surface area contributed by atoms with E-state index in [0.717, 1.165) is 49.9 Å². The first-order valence-corrected chi connectivity index (χ1v) is 7.75. The molecule has 1 amide bonds. The third-order valence-electron chi connectivity index (χ3n) is 4.17. The molecule has 2 N–H and O–H groups in total. The summed E-state index contributed by atoms with van der Waals surface area (Å²) in [5.74, 6) is 2.67. The van der Waals surface area contributed by atoms with Crippen molar-refractivity contribution in [2.24, 2.45) is 5.73 Å². The summed E-state index contributed by atoms with van der Waals surface area (Å²) >= 11 is 0. The third-order valence-corrected chi connectivity index (χ3v) is 4.17. The third kappa shape index (κ3) is 3.32. The van der Waals surface area contributed by atoms with Crippen LogP contribution in [0.25, 0.3) is 0 Å². The molecule has 1 saturated heterocycles. The van der Waals surface area contributed by atoms with Crippen LogP contribution in [-0.2, 0) is 11.2 Å². The minimum Gasteiger partial charge on any atom is -0.353 e. The molecule has 6 heteroatoms. The molecule has 21 heavy (non-hydrogen) atoms. The fourth-order valence-corrected chi connectivity index (χ4v) is 2.72. The average molecular weight is 289 g/mol. The predicted octanol–water partition coefficient (Wildman–Crippen LogP) is 0.524. The molecule has 1 aliphatic heterocycles. The van der Waals surface area contributed by atoms with Crippen molar-refractivity contribution in [3.63, 3.8) is 0 Å². The molecule has 6 nitrogen and oxygen atoms in total. The number of carbonyl (C=O) groups excluding carboxylic acids is 1. The molecule has 2 aliphatic rings. The smallest absolute Gasteiger partial charge is 0.219 e. The second-order valence-electron chi connectivity index (χ2n) is 5.88. The number of aromatic nitrogens is 2. The number of anilines is 1. The quantitative estimate of drug-likeness (QED) is 0.875. The van der Waals surface area contributed by atoms with Gasteiger partial charge in [-0.25, -0.2) is 9.97 Å². The van der Waals surface area contributed by atoms with Crippen LogP contribution < -0.4 is 10.6 Å². The van der Waals surface area contributed by atoms with Gasteiger partial charge in [0.25, 0.3) is 0 Å². The van der Waals surface area contributed by atoms with E-state index in [-0.39, 0.29) is 5.91 Å². The summed E-state index contributed by atoms with van der Waals surface area (Å²) in [5.41, 5.74) is 6.70. The number of nitrogens with two attached hydrogens (primary N) is 1. The molecule has 2 heterocycles. The highest BCUT2D eigenvalue weighted by Gasteiger charge is 2.28. The molecule has 2 fully saturated rings. The summed E-state index contributed by atoms with van der Waals surface area (Å²) in [6, 6.07) is 2.06. The maximum absolute atomic E-state index is 11.4. The zero-order valence-corrected chi connectivity index (χ0v) is 12.6. The van der Waals surface area contributed by atoms with Gasteiger partial charge in [0.05, 0.1) is 0 Å². The Labute approximate surface area is 125 Å². The lowest BCUT2D eigenvalue weighted by molar-refractivity contribution is -0.129. The zero-order valence-electron chi connectivity index (χ0n) is 12.6. The van der Waals surface area contributed by atoms with Gasteiger partial charge in [-0.05, 0) is 19.4 Å². The Morgan fingerprint density at radius 2 is 2.00 bits per heavy atom. The van der Waals surface area contributed by atoms with Gasteiger partial charge in [-0.1, -0.05) is 0 Å². The second-order valence-corrected chi connectivity index (χ2v) is 5.88. The zero-order chi connectivity index (χ0) is 14.8. The van der Waals surface area contributed by atoms with Crippen molar-refractivity contribution in [2.45, 2.75) is 32.1 Å². The van der Waals surface area contributed by atoms with Crippen LogP contribution >= 0.6 is 0 Å². The normalized spacial score (nSPS) is 19.0. The van der Waals surface area contributed by atoms with Crippen LogP contribution in [0.4, 0.5) is 5.82 Å². The Hall–Kier alpha value is -1.69. The Morgan fingerprint density at radius 1 is 1.29 bits per heavy atom. The number of rotatable bonds is 4. The minimum absolute atomic E-state index is 0.153. The van der Waals surface area contributed by atoms with Crippen molar-refractivity contribution in [2.75, 3.05) is 37.6 Å². The minimum atomic E-state index is 0.153. The Kier molecular flexibility index (Phi) is 4.05. The first-order valence-electron chi connectivity index (χ1n) is 7.75. The standard InChI is InChI=1S/C15H23N5O/c1-11(21)19-6-8-20(9-7-19)14-10-13(4-5-16)17-15(18-14)12-2-3-12/h10,12H,2-9,16H2,1H3. The van der Waals surface area contributed by atoms with Crippen LogP contribution in [0.1, 0.15) is 37.2 Å². The van der Waals surface area contributed by atoms with E-state index in [0.29, 0.717) is 12.5 Å². The van der Waals surface area contributed by atoms with Crippen LogP contribution in [0, 0.1) is 0 Å². The van der Waals surface area contributed by atoms with E-state index in [2.05, 4.69) is 16.0 Å². The van der Waals surface area contributed by atoms with Crippen molar-refractivity contribution in [3.8, 4) is 0 Å². The average Bonchev–Trinajstić information content (AvgIpc) is 3.32. The van der Waals surface area contributed by atoms with Crippen molar-refractivity contribution >= 4 is 11.7 Å². The molecule has 1 aromatic heterocycles. The molecule has 0 unspecified atom stereocenters. The van der Waals surface area contributed by atoms with E-state index < -0.39 is 0 Å². The van der Waals surface area contributed by atoms with Gasteiger partial charge in [-0.15, -0.1) is 0 Å². The van der Waals surface area contributed by atoms with E-state index in [4.69, 9.17) is 10.7 Å². The molecule has 0 aromatic carbocycles. The van der Waals surface area contributed by atoms with Crippen LogP contribution in [-0.4, -0.2) is 53.5 Å². The molecule has 0 spiro atoms. The van der Waals surface area contributed by atoms with Crippen LogP contribution in [0.5, 0.6) is 0 Å². The van der Waals surface area contributed by atoms with Crippen LogP contribution in [0.2, 0.25) is 0 Å². The molecular formula is C15H23N5O. The topological polar surface area (TPSA) is 75.4 Å². The number of hydrogen-bond donors (Lipinski definition) is 1. The van der Waals surface area contributed by atoms with Gasteiger partial charge in [-0.3, -0.25) is 4.79 Å². The summed E-state index contributed by atoms with van der Waals surface area (Å²) in [6.45, 7) is 5.45. The Morgan fingerprint density at radius 3 is 2.57 bits per heavy atom.